The normalized spacial score (nSPS) is 13.1. The molecule has 0 radical (unpaired) electrons. The molecule has 1 atom stereocenters. The Hall–Kier alpha value is -4.45. The zero-order valence-electron chi connectivity index (χ0n) is 46.4. The van der Waals surface area contributed by atoms with Crippen LogP contribution in [0.1, 0.15) is 245 Å². The second kappa shape index (κ2) is 59.1. The van der Waals surface area contributed by atoms with Crippen molar-refractivity contribution in [1.82, 2.24) is 0 Å². The van der Waals surface area contributed by atoms with Crippen LogP contribution in [0.4, 0.5) is 0 Å². The number of carbonyl (C=O) groups is 3. The van der Waals surface area contributed by atoms with Crippen molar-refractivity contribution in [3.63, 3.8) is 0 Å². The minimum Gasteiger partial charge on any atom is -0.462 e. The summed E-state index contributed by atoms with van der Waals surface area (Å²) >= 11 is 0. The van der Waals surface area contributed by atoms with Gasteiger partial charge in [-0.1, -0.05) is 238 Å². The molecule has 0 aromatic carbocycles. The molecule has 1 unspecified atom stereocenters. The smallest absolute Gasteiger partial charge is 0.306 e. The predicted molar refractivity (Wildman–Crippen MR) is 311 cm³/mol. The van der Waals surface area contributed by atoms with E-state index in [1.54, 1.807) is 0 Å². The van der Waals surface area contributed by atoms with Crippen molar-refractivity contribution in [3.05, 3.63) is 134 Å². The molecule has 0 saturated carbocycles. The highest BCUT2D eigenvalue weighted by molar-refractivity contribution is 5.71. The van der Waals surface area contributed by atoms with Crippen molar-refractivity contribution in [2.75, 3.05) is 13.2 Å². The van der Waals surface area contributed by atoms with Crippen molar-refractivity contribution in [2.24, 2.45) is 0 Å². The van der Waals surface area contributed by atoms with E-state index in [4.69, 9.17) is 14.2 Å². The second-order valence-corrected chi connectivity index (χ2v) is 18.8. The lowest BCUT2D eigenvalue weighted by Gasteiger charge is -2.18. The third kappa shape index (κ3) is 56.5. The molecule has 0 bridgehead atoms. The van der Waals surface area contributed by atoms with Gasteiger partial charge in [0.2, 0.25) is 0 Å². The van der Waals surface area contributed by atoms with Crippen LogP contribution in [0.5, 0.6) is 0 Å². The number of hydrogen-bond donors (Lipinski definition) is 0. The van der Waals surface area contributed by atoms with E-state index in [2.05, 4.69) is 142 Å². The Morgan fingerprint density at radius 2 is 0.583 bits per heavy atom. The Morgan fingerprint density at radius 1 is 0.292 bits per heavy atom. The van der Waals surface area contributed by atoms with Gasteiger partial charge in [-0.05, 0) is 122 Å². The minimum absolute atomic E-state index is 0.124. The summed E-state index contributed by atoms with van der Waals surface area (Å²) in [4.78, 5) is 38.2. The van der Waals surface area contributed by atoms with E-state index in [0.717, 1.165) is 128 Å². The first-order valence-corrected chi connectivity index (χ1v) is 29.2. The van der Waals surface area contributed by atoms with Crippen molar-refractivity contribution < 1.29 is 28.6 Å². The van der Waals surface area contributed by atoms with Crippen molar-refractivity contribution in [3.8, 4) is 0 Å². The maximum atomic E-state index is 12.8. The number of ether oxygens (including phenoxy) is 3. The van der Waals surface area contributed by atoms with Gasteiger partial charge in [-0.25, -0.2) is 0 Å². The Balaban J connectivity index is 4.55. The average molecular weight is 996 g/mol. The van der Waals surface area contributed by atoms with Crippen LogP contribution in [0, 0.1) is 0 Å². The molecule has 0 aliphatic rings. The lowest BCUT2D eigenvalue weighted by atomic mass is 10.1. The molecule has 0 fully saturated rings. The first-order chi connectivity index (χ1) is 35.5. The van der Waals surface area contributed by atoms with Crippen molar-refractivity contribution in [1.29, 1.82) is 0 Å². The summed E-state index contributed by atoms with van der Waals surface area (Å²) < 4.78 is 16.8. The van der Waals surface area contributed by atoms with Crippen LogP contribution in [0.3, 0.4) is 0 Å². The highest BCUT2D eigenvalue weighted by Crippen LogP contribution is 2.13. The molecule has 0 heterocycles. The van der Waals surface area contributed by atoms with E-state index < -0.39 is 12.1 Å². The van der Waals surface area contributed by atoms with Gasteiger partial charge >= 0.3 is 17.9 Å². The summed E-state index contributed by atoms with van der Waals surface area (Å²) in [6.45, 7) is 6.38. The van der Waals surface area contributed by atoms with E-state index in [9.17, 15) is 14.4 Å². The molecule has 0 rings (SSSR count). The fourth-order valence-corrected chi connectivity index (χ4v) is 7.49. The second-order valence-electron chi connectivity index (χ2n) is 18.8. The molecular formula is C66H106O6. The summed E-state index contributed by atoms with van der Waals surface area (Å²) in [5, 5.41) is 0. The van der Waals surface area contributed by atoms with Crippen LogP contribution in [0.15, 0.2) is 134 Å². The third-order valence-electron chi connectivity index (χ3n) is 11.9. The minimum atomic E-state index is -0.836. The SMILES string of the molecule is CC/C=C\C/C=C\C/C=C\C/C=C\C/C=C\C/C=C\CCC(=O)OC(COC(=O)CCCCCCC/C=C\C/C=C\CCCC)COC(=O)CCCCCCCC/C=C\C/C=C\C/C=C\CCCCCCC. The monoisotopic (exact) mass is 995 g/mol. The van der Waals surface area contributed by atoms with Crippen LogP contribution in [0.2, 0.25) is 0 Å². The highest BCUT2D eigenvalue weighted by Gasteiger charge is 2.19. The van der Waals surface area contributed by atoms with E-state index in [1.165, 1.54) is 70.6 Å². The maximum absolute atomic E-state index is 12.8. The van der Waals surface area contributed by atoms with Crippen LogP contribution >= 0.6 is 0 Å². The highest BCUT2D eigenvalue weighted by atomic mass is 16.6. The fourth-order valence-electron chi connectivity index (χ4n) is 7.49. The molecule has 6 nitrogen and oxygen atoms in total. The molecule has 0 saturated heterocycles. The van der Waals surface area contributed by atoms with Crippen LogP contribution < -0.4 is 0 Å². The van der Waals surface area contributed by atoms with Crippen LogP contribution in [0.25, 0.3) is 0 Å². The van der Waals surface area contributed by atoms with Crippen molar-refractivity contribution >= 4 is 17.9 Å². The van der Waals surface area contributed by atoms with Gasteiger partial charge in [-0.15, -0.1) is 0 Å². The van der Waals surface area contributed by atoms with E-state index in [0.29, 0.717) is 19.3 Å². The third-order valence-corrected chi connectivity index (χ3v) is 11.9. The Bertz CT molecular complexity index is 1560. The standard InChI is InChI=1S/C66H106O6/c1-4-7-10-13-16-19-22-25-28-30-32-33-35-36-38-41-44-47-50-53-56-59-65(68)71-62-63(61-70-64(67)58-55-52-49-46-43-40-27-24-21-18-15-12-9-6-3)72-66(69)60-57-54-51-48-45-42-39-37-34-31-29-26-23-20-17-14-11-8-5-2/h8,11,15,17-18,20,22,24-27,29-30,32,34-37,42,45,51,54,63H,4-7,9-10,12-14,16,19,21,23,28,31,33,38-41,43-44,46-50,52-53,55-62H2,1-3H3/b11-8-,18-15-,20-17-,25-22-,27-24-,29-26-,32-30-,36-35-,37-34-,45-42-,54-51-. The number of hydrogen-bond acceptors (Lipinski definition) is 6. The molecule has 0 aliphatic heterocycles. The summed E-state index contributed by atoms with van der Waals surface area (Å²) in [5.74, 6) is -1.04. The lowest BCUT2D eigenvalue weighted by Crippen LogP contribution is -2.30. The molecule has 0 N–H and O–H groups in total. The summed E-state index contributed by atoms with van der Waals surface area (Å²) in [6.07, 6.45) is 83.1. The summed E-state index contributed by atoms with van der Waals surface area (Å²) in [6, 6.07) is 0. The lowest BCUT2D eigenvalue weighted by molar-refractivity contribution is -0.166. The topological polar surface area (TPSA) is 78.9 Å². The molecule has 0 aromatic rings. The zero-order valence-corrected chi connectivity index (χ0v) is 46.4. The van der Waals surface area contributed by atoms with Gasteiger partial charge in [0.25, 0.3) is 0 Å². The first kappa shape index (κ1) is 67.5. The van der Waals surface area contributed by atoms with Gasteiger partial charge < -0.3 is 14.2 Å². The first-order valence-electron chi connectivity index (χ1n) is 29.2. The molecular weight excluding hydrogens is 889 g/mol. The number of rotatable bonds is 51. The van der Waals surface area contributed by atoms with Gasteiger partial charge in [0.15, 0.2) is 6.10 Å². The molecule has 0 aromatic heterocycles. The largest absolute Gasteiger partial charge is 0.462 e. The maximum Gasteiger partial charge on any atom is 0.306 e. The van der Waals surface area contributed by atoms with Gasteiger partial charge in [0, 0.05) is 19.3 Å². The van der Waals surface area contributed by atoms with Crippen LogP contribution in [-0.4, -0.2) is 37.2 Å². The fraction of sp³-hybridized carbons (Fsp3) is 0.621. The average Bonchev–Trinajstić information content (AvgIpc) is 3.38. The molecule has 0 spiro atoms. The van der Waals surface area contributed by atoms with Gasteiger partial charge in [-0.3, -0.25) is 14.4 Å². The van der Waals surface area contributed by atoms with Gasteiger partial charge in [-0.2, -0.15) is 0 Å². The Labute approximate surface area is 443 Å². The molecule has 72 heavy (non-hydrogen) atoms. The number of carbonyl (C=O) groups excluding carboxylic acids is 3. The molecule has 6 heteroatoms. The van der Waals surface area contributed by atoms with Crippen LogP contribution in [-0.2, 0) is 28.6 Å². The van der Waals surface area contributed by atoms with Gasteiger partial charge in [0.05, 0.1) is 0 Å². The number of esters is 3. The molecule has 406 valence electrons. The number of unbranched alkanes of at least 4 members (excludes halogenated alkanes) is 18. The molecule has 0 amide bonds. The zero-order chi connectivity index (χ0) is 52.2. The van der Waals surface area contributed by atoms with Crippen molar-refractivity contribution in [2.45, 2.75) is 252 Å². The van der Waals surface area contributed by atoms with E-state index in [-0.39, 0.29) is 31.6 Å². The van der Waals surface area contributed by atoms with E-state index >= 15 is 0 Å². The molecule has 0 aliphatic carbocycles. The predicted octanol–water partition coefficient (Wildman–Crippen LogP) is 19.8. The Morgan fingerprint density at radius 3 is 0.944 bits per heavy atom. The Kier molecular flexibility index (Phi) is 55.5. The van der Waals surface area contributed by atoms with Gasteiger partial charge in [0.1, 0.15) is 13.2 Å². The summed E-state index contributed by atoms with van der Waals surface area (Å²) in [7, 11) is 0. The number of allylic oxidation sites excluding steroid dienone is 22. The van der Waals surface area contributed by atoms with E-state index in [1.807, 2.05) is 12.2 Å². The summed E-state index contributed by atoms with van der Waals surface area (Å²) in [5.41, 5.74) is 0. The quantitative estimate of drug-likeness (QED) is 0.0261.